The molecule has 2 rings (SSSR count). The predicted molar refractivity (Wildman–Crippen MR) is 71.5 cm³/mol. The van der Waals surface area contributed by atoms with E-state index in [4.69, 9.17) is 0 Å². The lowest BCUT2D eigenvalue weighted by Gasteiger charge is -2.15. The molecule has 0 heterocycles. The SMILES string of the molecule is CC(NS(=O)(=O)c1ccc(F)c(F)c1F)c1ccc(F)cc1. The van der Waals surface area contributed by atoms with Crippen LogP contribution in [0.25, 0.3) is 0 Å². The minimum Gasteiger partial charge on any atom is -0.207 e. The van der Waals surface area contributed by atoms with E-state index in [1.54, 1.807) is 0 Å². The predicted octanol–water partition coefficient (Wildman–Crippen LogP) is 3.28. The maximum Gasteiger partial charge on any atom is 0.244 e. The van der Waals surface area contributed by atoms with Gasteiger partial charge in [-0.05, 0) is 36.8 Å². The van der Waals surface area contributed by atoms with Gasteiger partial charge in [0.1, 0.15) is 10.7 Å². The molecule has 2 aromatic rings. The highest BCUT2D eigenvalue weighted by molar-refractivity contribution is 7.89. The summed E-state index contributed by atoms with van der Waals surface area (Å²) in [6.45, 7) is 1.45. The molecule has 0 aliphatic carbocycles. The van der Waals surface area contributed by atoms with E-state index in [2.05, 4.69) is 4.72 Å². The highest BCUT2D eigenvalue weighted by Gasteiger charge is 2.25. The zero-order chi connectivity index (χ0) is 16.5. The molecule has 0 amide bonds. The van der Waals surface area contributed by atoms with E-state index in [0.717, 1.165) is 12.1 Å². The number of rotatable bonds is 4. The molecule has 0 fully saturated rings. The second kappa shape index (κ2) is 6.05. The first-order valence-electron chi connectivity index (χ1n) is 6.13. The van der Waals surface area contributed by atoms with Crippen molar-refractivity contribution in [3.8, 4) is 0 Å². The van der Waals surface area contributed by atoms with Gasteiger partial charge in [0.25, 0.3) is 0 Å². The lowest BCUT2D eigenvalue weighted by molar-refractivity contribution is 0.431. The van der Waals surface area contributed by atoms with Crippen molar-refractivity contribution in [3.63, 3.8) is 0 Å². The maximum absolute atomic E-state index is 13.6. The summed E-state index contributed by atoms with van der Waals surface area (Å²) in [6, 6.07) is 5.31. The van der Waals surface area contributed by atoms with E-state index < -0.39 is 44.2 Å². The molecule has 118 valence electrons. The molecule has 0 saturated carbocycles. The molecular formula is C14H11F4NO2S. The molecule has 1 N–H and O–H groups in total. The first-order valence-corrected chi connectivity index (χ1v) is 7.62. The fourth-order valence-corrected chi connectivity index (χ4v) is 3.13. The molecule has 8 heteroatoms. The zero-order valence-electron chi connectivity index (χ0n) is 11.3. The van der Waals surface area contributed by atoms with Crippen LogP contribution in [-0.2, 0) is 10.0 Å². The molecule has 0 aliphatic rings. The van der Waals surface area contributed by atoms with Gasteiger partial charge in [-0.15, -0.1) is 0 Å². The Balaban J connectivity index is 2.32. The van der Waals surface area contributed by atoms with Gasteiger partial charge in [0, 0.05) is 6.04 Å². The second-order valence-electron chi connectivity index (χ2n) is 4.57. The monoisotopic (exact) mass is 333 g/mol. The average molecular weight is 333 g/mol. The Morgan fingerprint density at radius 2 is 1.50 bits per heavy atom. The van der Waals surface area contributed by atoms with Crippen LogP contribution >= 0.6 is 0 Å². The van der Waals surface area contributed by atoms with Crippen LogP contribution in [0.5, 0.6) is 0 Å². The normalized spacial score (nSPS) is 13.1. The molecule has 2 aromatic carbocycles. The van der Waals surface area contributed by atoms with Gasteiger partial charge in [-0.25, -0.2) is 30.7 Å². The Labute approximate surface area is 124 Å². The lowest BCUT2D eigenvalue weighted by Crippen LogP contribution is -2.28. The maximum atomic E-state index is 13.6. The number of nitrogens with one attached hydrogen (secondary N) is 1. The van der Waals surface area contributed by atoms with Crippen molar-refractivity contribution in [2.24, 2.45) is 0 Å². The molecule has 3 nitrogen and oxygen atoms in total. The van der Waals surface area contributed by atoms with E-state index in [9.17, 15) is 26.0 Å². The third kappa shape index (κ3) is 3.28. The summed E-state index contributed by atoms with van der Waals surface area (Å²) in [5.41, 5.74) is 0.424. The van der Waals surface area contributed by atoms with Gasteiger partial charge >= 0.3 is 0 Å². The van der Waals surface area contributed by atoms with Crippen LogP contribution in [0.15, 0.2) is 41.3 Å². The second-order valence-corrected chi connectivity index (χ2v) is 6.25. The van der Waals surface area contributed by atoms with E-state index in [1.165, 1.54) is 19.1 Å². The number of sulfonamides is 1. The van der Waals surface area contributed by atoms with E-state index in [-0.39, 0.29) is 0 Å². The topological polar surface area (TPSA) is 46.2 Å². The number of halogens is 4. The summed E-state index contributed by atoms with van der Waals surface area (Å²) in [7, 11) is -4.41. The molecule has 0 spiro atoms. The summed E-state index contributed by atoms with van der Waals surface area (Å²) in [6.07, 6.45) is 0. The molecule has 0 aliphatic heterocycles. The molecule has 1 unspecified atom stereocenters. The Bertz CT molecular complexity index is 791. The highest BCUT2D eigenvalue weighted by Crippen LogP contribution is 2.22. The number of hydrogen-bond acceptors (Lipinski definition) is 2. The Morgan fingerprint density at radius 1 is 0.909 bits per heavy atom. The van der Waals surface area contributed by atoms with Crippen molar-refractivity contribution in [2.75, 3.05) is 0 Å². The Morgan fingerprint density at radius 3 is 2.09 bits per heavy atom. The first kappa shape index (κ1) is 16.4. The van der Waals surface area contributed by atoms with Gasteiger partial charge in [-0.1, -0.05) is 12.1 Å². The lowest BCUT2D eigenvalue weighted by atomic mass is 10.1. The van der Waals surface area contributed by atoms with Gasteiger partial charge in [-0.3, -0.25) is 0 Å². The number of benzene rings is 2. The highest BCUT2D eigenvalue weighted by atomic mass is 32.2. The van der Waals surface area contributed by atoms with Crippen molar-refractivity contribution in [1.82, 2.24) is 4.72 Å². The molecule has 22 heavy (non-hydrogen) atoms. The fourth-order valence-electron chi connectivity index (χ4n) is 1.83. The third-order valence-electron chi connectivity index (χ3n) is 2.99. The van der Waals surface area contributed by atoms with E-state index in [1.807, 2.05) is 0 Å². The average Bonchev–Trinajstić information content (AvgIpc) is 2.44. The summed E-state index contributed by atoms with van der Waals surface area (Å²) in [4.78, 5) is -1.000. The zero-order valence-corrected chi connectivity index (χ0v) is 12.1. The number of hydrogen-bond donors (Lipinski definition) is 1. The van der Waals surface area contributed by atoms with Crippen LogP contribution in [0, 0.1) is 23.3 Å². The third-order valence-corrected chi connectivity index (χ3v) is 4.55. The van der Waals surface area contributed by atoms with Crippen molar-refractivity contribution in [3.05, 3.63) is 65.2 Å². The van der Waals surface area contributed by atoms with Gasteiger partial charge in [-0.2, -0.15) is 0 Å². The summed E-state index contributed by atoms with van der Waals surface area (Å²) < 4.78 is 78.6. The molecular weight excluding hydrogens is 322 g/mol. The smallest absolute Gasteiger partial charge is 0.207 e. The molecule has 1 atom stereocenters. The minimum absolute atomic E-state index is 0.424. The van der Waals surface area contributed by atoms with Crippen molar-refractivity contribution < 1.29 is 26.0 Å². The standard InChI is InChI=1S/C14H11F4NO2S/c1-8(9-2-4-10(15)5-3-9)19-22(20,21)12-7-6-11(16)13(17)14(12)18/h2-8,19H,1H3. The molecule has 0 saturated heterocycles. The summed E-state index contributed by atoms with van der Waals surface area (Å²) in [5, 5.41) is 0. The van der Waals surface area contributed by atoms with Crippen molar-refractivity contribution >= 4 is 10.0 Å². The first-order chi connectivity index (χ1) is 10.2. The van der Waals surface area contributed by atoms with Gasteiger partial charge in [0.15, 0.2) is 17.5 Å². The molecule has 0 bridgehead atoms. The van der Waals surface area contributed by atoms with Gasteiger partial charge < -0.3 is 0 Å². The molecule has 0 radical (unpaired) electrons. The van der Waals surface area contributed by atoms with Gasteiger partial charge in [0.2, 0.25) is 10.0 Å². The van der Waals surface area contributed by atoms with Gasteiger partial charge in [0.05, 0.1) is 0 Å². The van der Waals surface area contributed by atoms with Crippen LogP contribution in [-0.4, -0.2) is 8.42 Å². The van der Waals surface area contributed by atoms with Crippen LogP contribution in [0.3, 0.4) is 0 Å². The Hall–Kier alpha value is -1.93. The van der Waals surface area contributed by atoms with Crippen LogP contribution in [0.4, 0.5) is 17.6 Å². The minimum atomic E-state index is -4.41. The summed E-state index contributed by atoms with van der Waals surface area (Å²) in [5.74, 6) is -5.63. The van der Waals surface area contributed by atoms with Crippen molar-refractivity contribution in [1.29, 1.82) is 0 Å². The van der Waals surface area contributed by atoms with Crippen LogP contribution in [0.1, 0.15) is 18.5 Å². The summed E-state index contributed by atoms with van der Waals surface area (Å²) >= 11 is 0. The van der Waals surface area contributed by atoms with Crippen molar-refractivity contribution in [2.45, 2.75) is 17.9 Å². The Kier molecular flexibility index (Phi) is 4.52. The largest absolute Gasteiger partial charge is 0.244 e. The quantitative estimate of drug-likeness (QED) is 0.689. The molecule has 0 aromatic heterocycles. The van der Waals surface area contributed by atoms with Crippen LogP contribution < -0.4 is 4.72 Å². The van der Waals surface area contributed by atoms with E-state index >= 15 is 0 Å². The fraction of sp³-hybridized carbons (Fsp3) is 0.143. The van der Waals surface area contributed by atoms with E-state index in [0.29, 0.717) is 17.7 Å². The van der Waals surface area contributed by atoms with Crippen LogP contribution in [0.2, 0.25) is 0 Å².